The smallest absolute Gasteiger partial charge is 0.181 e. The average molecular weight is 348 g/mol. The van der Waals surface area contributed by atoms with Gasteiger partial charge in [-0.2, -0.15) is 0 Å². The summed E-state index contributed by atoms with van der Waals surface area (Å²) < 4.78 is 30.9. The second-order valence-corrected chi connectivity index (χ2v) is 9.01. The molecule has 24 heavy (non-hydrogen) atoms. The fourth-order valence-corrected chi connectivity index (χ4v) is 4.14. The minimum atomic E-state index is -3.38. The van der Waals surface area contributed by atoms with Crippen molar-refractivity contribution >= 4 is 15.5 Å². The number of benzene rings is 1. The van der Waals surface area contributed by atoms with E-state index in [4.69, 9.17) is 4.42 Å². The number of anilines is 1. The predicted molar refractivity (Wildman–Crippen MR) is 96.2 cm³/mol. The van der Waals surface area contributed by atoms with E-state index in [1.54, 1.807) is 32.2 Å². The van der Waals surface area contributed by atoms with E-state index in [-0.39, 0.29) is 0 Å². The number of rotatable bonds is 4. The van der Waals surface area contributed by atoms with Crippen molar-refractivity contribution in [2.45, 2.75) is 24.0 Å². The van der Waals surface area contributed by atoms with E-state index in [1.807, 2.05) is 18.2 Å². The number of likely N-dealkylation sites (N-methyl/N-ethyl adjacent to an activating group) is 1. The third-order valence-electron chi connectivity index (χ3n) is 4.55. The first-order valence-corrected chi connectivity index (χ1v) is 9.79. The van der Waals surface area contributed by atoms with Gasteiger partial charge in [0.15, 0.2) is 9.84 Å². The third kappa shape index (κ3) is 3.21. The van der Waals surface area contributed by atoms with Crippen molar-refractivity contribution in [2.24, 2.45) is 0 Å². The second kappa shape index (κ2) is 6.61. The van der Waals surface area contributed by atoms with E-state index in [1.165, 1.54) is 0 Å². The Hall–Kier alpha value is -1.79. The molecule has 0 unspecified atom stereocenters. The Kier molecular flexibility index (Phi) is 4.69. The molecule has 0 amide bonds. The van der Waals surface area contributed by atoms with Gasteiger partial charge >= 0.3 is 0 Å². The lowest BCUT2D eigenvalue weighted by atomic mass is 10.1. The SMILES string of the molecule is CC(C)S(=O)(=O)c1ccc(N2CCN(C)CC2)cc1-c1ccco1. The molecule has 5 nitrogen and oxygen atoms in total. The monoisotopic (exact) mass is 348 g/mol. The number of nitrogens with zero attached hydrogens (tertiary/aromatic N) is 2. The highest BCUT2D eigenvalue weighted by atomic mass is 32.2. The zero-order valence-corrected chi connectivity index (χ0v) is 15.2. The molecule has 0 spiro atoms. The topological polar surface area (TPSA) is 53.8 Å². The van der Waals surface area contributed by atoms with Crippen LogP contribution in [0.15, 0.2) is 45.9 Å². The van der Waals surface area contributed by atoms with Crippen LogP contribution in [0.3, 0.4) is 0 Å². The molecule has 1 saturated heterocycles. The number of hydrogen-bond acceptors (Lipinski definition) is 5. The molecule has 0 N–H and O–H groups in total. The van der Waals surface area contributed by atoms with Crippen LogP contribution in [0.5, 0.6) is 0 Å². The minimum absolute atomic E-state index is 0.338. The molecule has 2 aromatic rings. The van der Waals surface area contributed by atoms with Crippen LogP contribution in [0.1, 0.15) is 13.8 Å². The quantitative estimate of drug-likeness (QED) is 0.850. The van der Waals surface area contributed by atoms with Crippen LogP contribution in [0.25, 0.3) is 11.3 Å². The van der Waals surface area contributed by atoms with Gasteiger partial charge in [0.05, 0.1) is 16.4 Å². The summed E-state index contributed by atoms with van der Waals surface area (Å²) in [6.45, 7) is 7.28. The molecule has 1 aromatic carbocycles. The van der Waals surface area contributed by atoms with Crippen molar-refractivity contribution < 1.29 is 12.8 Å². The molecule has 6 heteroatoms. The van der Waals surface area contributed by atoms with Gasteiger partial charge in [0.25, 0.3) is 0 Å². The van der Waals surface area contributed by atoms with E-state index in [2.05, 4.69) is 16.8 Å². The van der Waals surface area contributed by atoms with Crippen LogP contribution in [-0.4, -0.2) is 51.8 Å². The summed E-state index contributed by atoms with van der Waals surface area (Å²) in [7, 11) is -1.26. The summed E-state index contributed by atoms with van der Waals surface area (Å²) in [5.41, 5.74) is 1.68. The summed E-state index contributed by atoms with van der Waals surface area (Å²) in [6.07, 6.45) is 1.57. The van der Waals surface area contributed by atoms with Crippen molar-refractivity contribution in [3.8, 4) is 11.3 Å². The first-order chi connectivity index (χ1) is 11.4. The van der Waals surface area contributed by atoms with E-state index >= 15 is 0 Å². The van der Waals surface area contributed by atoms with E-state index < -0.39 is 15.1 Å². The van der Waals surface area contributed by atoms with Crippen molar-refractivity contribution in [1.82, 2.24) is 4.90 Å². The van der Waals surface area contributed by atoms with Crippen LogP contribution in [0.4, 0.5) is 5.69 Å². The van der Waals surface area contributed by atoms with Crippen molar-refractivity contribution in [1.29, 1.82) is 0 Å². The molecule has 1 aliphatic rings. The van der Waals surface area contributed by atoms with Crippen molar-refractivity contribution in [3.63, 3.8) is 0 Å². The number of furan rings is 1. The zero-order valence-electron chi connectivity index (χ0n) is 14.4. The molecule has 1 aromatic heterocycles. The maximum absolute atomic E-state index is 12.7. The van der Waals surface area contributed by atoms with Gasteiger partial charge in [0, 0.05) is 37.4 Å². The Balaban J connectivity index is 2.06. The Morgan fingerprint density at radius 1 is 1.08 bits per heavy atom. The summed E-state index contributed by atoms with van der Waals surface area (Å²) in [5, 5.41) is -0.472. The van der Waals surface area contributed by atoms with Crippen LogP contribution in [0, 0.1) is 0 Å². The van der Waals surface area contributed by atoms with Gasteiger partial charge in [-0.1, -0.05) is 0 Å². The van der Waals surface area contributed by atoms with Gasteiger partial charge in [-0.3, -0.25) is 0 Å². The Morgan fingerprint density at radius 3 is 2.38 bits per heavy atom. The van der Waals surface area contributed by atoms with Crippen molar-refractivity contribution in [3.05, 3.63) is 36.6 Å². The number of piperazine rings is 1. The maximum atomic E-state index is 12.7. The number of sulfone groups is 1. The molecular formula is C18H24N2O3S. The molecule has 1 fully saturated rings. The molecule has 0 atom stereocenters. The van der Waals surface area contributed by atoms with E-state index in [0.29, 0.717) is 16.2 Å². The highest BCUT2D eigenvalue weighted by Gasteiger charge is 2.25. The summed E-state index contributed by atoms with van der Waals surface area (Å²) in [6, 6.07) is 9.17. The lowest BCUT2D eigenvalue weighted by Gasteiger charge is -2.34. The highest BCUT2D eigenvalue weighted by Crippen LogP contribution is 2.34. The standard InChI is InChI=1S/C18H24N2O3S/c1-14(2)24(21,22)18-7-6-15(20-10-8-19(3)9-11-20)13-16(18)17-5-4-12-23-17/h4-7,12-14H,8-11H2,1-3H3. The van der Waals surface area contributed by atoms with Gasteiger partial charge in [-0.05, 0) is 51.2 Å². The molecule has 2 heterocycles. The fourth-order valence-electron chi connectivity index (χ4n) is 2.91. The molecule has 0 aliphatic carbocycles. The zero-order chi connectivity index (χ0) is 17.3. The molecule has 1 aliphatic heterocycles. The highest BCUT2D eigenvalue weighted by molar-refractivity contribution is 7.92. The van der Waals surface area contributed by atoms with Gasteiger partial charge < -0.3 is 14.2 Å². The summed E-state index contributed by atoms with van der Waals surface area (Å²) in [4.78, 5) is 4.92. The molecule has 3 rings (SSSR count). The first kappa shape index (κ1) is 17.0. The first-order valence-electron chi connectivity index (χ1n) is 8.25. The average Bonchev–Trinajstić information content (AvgIpc) is 3.09. The van der Waals surface area contributed by atoms with Gasteiger partial charge in [0.2, 0.25) is 0 Å². The Morgan fingerprint density at radius 2 is 1.79 bits per heavy atom. The number of hydrogen-bond donors (Lipinski definition) is 0. The maximum Gasteiger partial charge on any atom is 0.181 e. The Bertz CT molecular complexity index is 790. The second-order valence-electron chi connectivity index (χ2n) is 6.54. The molecule has 130 valence electrons. The summed E-state index contributed by atoms with van der Waals surface area (Å²) in [5.74, 6) is 0.588. The van der Waals surface area contributed by atoms with Crippen LogP contribution in [-0.2, 0) is 9.84 Å². The molecular weight excluding hydrogens is 324 g/mol. The molecule has 0 bridgehead atoms. The normalized spacial score (nSPS) is 16.8. The Labute approximate surface area is 143 Å². The molecule has 0 saturated carbocycles. The lowest BCUT2D eigenvalue weighted by molar-refractivity contribution is 0.313. The largest absolute Gasteiger partial charge is 0.464 e. The third-order valence-corrected chi connectivity index (χ3v) is 6.76. The minimum Gasteiger partial charge on any atom is -0.464 e. The van der Waals surface area contributed by atoms with Crippen LogP contribution in [0.2, 0.25) is 0 Å². The molecule has 0 radical (unpaired) electrons. The lowest BCUT2D eigenvalue weighted by Crippen LogP contribution is -2.44. The van der Waals surface area contributed by atoms with Crippen LogP contribution >= 0.6 is 0 Å². The van der Waals surface area contributed by atoms with Crippen molar-refractivity contribution in [2.75, 3.05) is 38.1 Å². The van der Waals surface area contributed by atoms with E-state index in [0.717, 1.165) is 31.9 Å². The van der Waals surface area contributed by atoms with Gasteiger partial charge in [-0.25, -0.2) is 8.42 Å². The van der Waals surface area contributed by atoms with Crippen LogP contribution < -0.4 is 4.90 Å². The summed E-state index contributed by atoms with van der Waals surface area (Å²) >= 11 is 0. The predicted octanol–water partition coefficient (Wildman–Crippen LogP) is 2.88. The van der Waals surface area contributed by atoms with Gasteiger partial charge in [-0.15, -0.1) is 0 Å². The van der Waals surface area contributed by atoms with Gasteiger partial charge in [0.1, 0.15) is 5.76 Å². The van der Waals surface area contributed by atoms with E-state index in [9.17, 15) is 8.42 Å². The fraction of sp³-hybridized carbons (Fsp3) is 0.444.